The molecule has 0 unspecified atom stereocenters. The zero-order chi connectivity index (χ0) is 26.1. The third-order valence-electron chi connectivity index (χ3n) is 6.69. The average molecular weight is 506 g/mol. The molecule has 0 atom stereocenters. The Morgan fingerprint density at radius 2 is 1.84 bits per heavy atom. The van der Waals surface area contributed by atoms with Gasteiger partial charge in [-0.1, -0.05) is 31.2 Å². The molecule has 0 radical (unpaired) electrons. The first-order valence-electron chi connectivity index (χ1n) is 12.5. The van der Waals surface area contributed by atoms with Crippen molar-refractivity contribution in [3.05, 3.63) is 108 Å². The highest BCUT2D eigenvalue weighted by Gasteiger charge is 2.18. The number of pyridine rings is 1. The Hall–Kier alpha value is -4.92. The summed E-state index contributed by atoms with van der Waals surface area (Å²) in [4.78, 5) is 17.6. The second-order valence-corrected chi connectivity index (χ2v) is 9.01. The molecule has 0 aliphatic carbocycles. The fourth-order valence-corrected chi connectivity index (χ4v) is 4.76. The number of carbonyl (C=O) groups is 1. The van der Waals surface area contributed by atoms with Crippen LogP contribution in [0.2, 0.25) is 0 Å². The van der Waals surface area contributed by atoms with Crippen molar-refractivity contribution in [1.82, 2.24) is 28.9 Å². The van der Waals surface area contributed by atoms with Gasteiger partial charge < -0.3 is 10.1 Å². The molecule has 6 rings (SSSR count). The summed E-state index contributed by atoms with van der Waals surface area (Å²) in [6.07, 6.45) is 5.98. The van der Waals surface area contributed by atoms with Gasteiger partial charge in [0.2, 0.25) is 0 Å². The Labute approximate surface area is 219 Å². The van der Waals surface area contributed by atoms with Crippen LogP contribution in [0.1, 0.15) is 34.4 Å². The maximum absolute atomic E-state index is 13.2. The summed E-state index contributed by atoms with van der Waals surface area (Å²) in [7, 11) is 1.66. The number of methoxy groups -OCH3 is 1. The number of nitrogens with zero attached hydrogens (tertiary/aromatic N) is 6. The van der Waals surface area contributed by atoms with Gasteiger partial charge in [-0.3, -0.25) is 18.6 Å². The molecule has 2 aromatic carbocycles. The highest BCUT2D eigenvalue weighted by molar-refractivity contribution is 6.08. The average Bonchev–Trinajstić information content (AvgIpc) is 3.67. The van der Waals surface area contributed by atoms with Crippen LogP contribution in [0.15, 0.2) is 85.3 Å². The van der Waals surface area contributed by atoms with Crippen molar-refractivity contribution in [2.24, 2.45) is 0 Å². The van der Waals surface area contributed by atoms with Crippen LogP contribution in [-0.4, -0.2) is 42.0 Å². The fraction of sp³-hybridized carbons (Fsp3) is 0.172. The van der Waals surface area contributed by atoms with E-state index in [-0.39, 0.29) is 5.91 Å². The lowest BCUT2D eigenvalue weighted by molar-refractivity contribution is 0.102. The topological polar surface area (TPSA) is 91.3 Å². The minimum absolute atomic E-state index is 0.219. The Morgan fingerprint density at radius 1 is 0.974 bits per heavy atom. The van der Waals surface area contributed by atoms with Crippen LogP contribution in [0.3, 0.4) is 0 Å². The van der Waals surface area contributed by atoms with Crippen molar-refractivity contribution in [2.45, 2.75) is 26.4 Å². The highest BCUT2D eigenvalue weighted by atomic mass is 16.5. The number of benzene rings is 2. The number of ether oxygens (including phenoxy) is 1. The van der Waals surface area contributed by atoms with E-state index in [0.29, 0.717) is 18.8 Å². The summed E-state index contributed by atoms with van der Waals surface area (Å²) in [6.45, 7) is 3.27. The summed E-state index contributed by atoms with van der Waals surface area (Å²) in [5.74, 6) is 0.609. The van der Waals surface area contributed by atoms with Crippen LogP contribution in [0.5, 0.6) is 5.75 Å². The maximum atomic E-state index is 13.2. The smallest absolute Gasteiger partial charge is 0.274 e. The lowest BCUT2D eigenvalue weighted by Gasteiger charge is -2.10. The Morgan fingerprint density at radius 3 is 2.66 bits per heavy atom. The van der Waals surface area contributed by atoms with Gasteiger partial charge in [-0.2, -0.15) is 10.2 Å². The SMILES string of the molecule is CCc1nn(Cc2ccnn2Cc2ccc(OC)cc2)c2cccc(NC(=O)c3cnc4ccccn34)c12. The molecule has 4 heterocycles. The predicted octanol–water partition coefficient (Wildman–Crippen LogP) is 4.80. The lowest BCUT2D eigenvalue weighted by atomic mass is 10.1. The van der Waals surface area contributed by atoms with Gasteiger partial charge in [-0.05, 0) is 54.4 Å². The van der Waals surface area contributed by atoms with Crippen molar-refractivity contribution in [2.75, 3.05) is 12.4 Å². The standard InChI is InChI=1S/C29H27N7O2/c1-3-23-28-24(32-29(37)26-17-30-27-9-4-5-16-34(26)27)7-6-8-25(28)36(33-23)19-21-14-15-31-35(21)18-20-10-12-22(38-2)13-11-20/h4-17H,3,18-19H2,1-2H3,(H,32,37). The summed E-state index contributed by atoms with van der Waals surface area (Å²) in [5, 5.41) is 13.5. The predicted molar refractivity (Wildman–Crippen MR) is 146 cm³/mol. The normalized spacial score (nSPS) is 11.3. The Balaban J connectivity index is 1.30. The van der Waals surface area contributed by atoms with Crippen molar-refractivity contribution >= 4 is 28.1 Å². The van der Waals surface area contributed by atoms with Gasteiger partial charge in [0.25, 0.3) is 5.91 Å². The van der Waals surface area contributed by atoms with E-state index in [4.69, 9.17) is 9.84 Å². The summed E-state index contributed by atoms with van der Waals surface area (Å²) >= 11 is 0. The van der Waals surface area contributed by atoms with Gasteiger partial charge in [-0.25, -0.2) is 4.98 Å². The molecule has 9 heteroatoms. The molecule has 1 N–H and O–H groups in total. The van der Waals surface area contributed by atoms with E-state index in [9.17, 15) is 4.79 Å². The quantitative estimate of drug-likeness (QED) is 0.321. The van der Waals surface area contributed by atoms with E-state index < -0.39 is 0 Å². The van der Waals surface area contributed by atoms with Gasteiger partial charge in [0.1, 0.15) is 17.1 Å². The van der Waals surface area contributed by atoms with E-state index >= 15 is 0 Å². The number of rotatable bonds is 8. The first kappa shape index (κ1) is 23.5. The third-order valence-corrected chi connectivity index (χ3v) is 6.69. The Kier molecular flexibility index (Phi) is 6.09. The molecule has 0 aliphatic heterocycles. The van der Waals surface area contributed by atoms with Crippen molar-refractivity contribution in [3.8, 4) is 5.75 Å². The third kappa shape index (κ3) is 4.28. The van der Waals surface area contributed by atoms with Gasteiger partial charge >= 0.3 is 0 Å². The number of carbonyl (C=O) groups excluding carboxylic acids is 1. The van der Waals surface area contributed by atoms with E-state index in [1.54, 1.807) is 17.7 Å². The van der Waals surface area contributed by atoms with E-state index in [0.717, 1.165) is 51.4 Å². The number of aryl methyl sites for hydroxylation is 1. The molecule has 0 bridgehead atoms. The van der Waals surface area contributed by atoms with Crippen molar-refractivity contribution < 1.29 is 9.53 Å². The van der Waals surface area contributed by atoms with Gasteiger partial charge in [0.15, 0.2) is 0 Å². The molecular formula is C29H27N7O2. The number of anilines is 1. The first-order valence-corrected chi connectivity index (χ1v) is 12.5. The molecule has 0 saturated carbocycles. The molecule has 0 spiro atoms. The molecule has 0 saturated heterocycles. The van der Waals surface area contributed by atoms with Crippen LogP contribution in [-0.2, 0) is 19.5 Å². The minimum Gasteiger partial charge on any atom is -0.497 e. The second kappa shape index (κ2) is 9.85. The molecule has 9 nitrogen and oxygen atoms in total. The lowest BCUT2D eigenvalue weighted by Crippen LogP contribution is -2.14. The van der Waals surface area contributed by atoms with Gasteiger partial charge in [0, 0.05) is 17.8 Å². The van der Waals surface area contributed by atoms with Crippen molar-refractivity contribution in [1.29, 1.82) is 0 Å². The number of fused-ring (bicyclic) bond motifs is 2. The molecule has 1 amide bonds. The zero-order valence-electron chi connectivity index (χ0n) is 21.2. The summed E-state index contributed by atoms with van der Waals surface area (Å²) in [6, 6.07) is 21.6. The molecule has 190 valence electrons. The van der Waals surface area contributed by atoms with Crippen molar-refractivity contribution in [3.63, 3.8) is 0 Å². The largest absolute Gasteiger partial charge is 0.497 e. The van der Waals surface area contributed by atoms with Crippen LogP contribution < -0.4 is 10.1 Å². The van der Waals surface area contributed by atoms with Crippen LogP contribution in [0.25, 0.3) is 16.6 Å². The Bertz CT molecular complexity index is 1740. The minimum atomic E-state index is -0.219. The number of amides is 1. The number of hydrogen-bond acceptors (Lipinski definition) is 5. The maximum Gasteiger partial charge on any atom is 0.274 e. The first-order chi connectivity index (χ1) is 18.6. The molecule has 0 aliphatic rings. The van der Waals surface area contributed by atoms with E-state index in [1.807, 2.05) is 88.5 Å². The highest BCUT2D eigenvalue weighted by Crippen LogP contribution is 2.29. The van der Waals surface area contributed by atoms with Gasteiger partial charge in [-0.15, -0.1) is 0 Å². The fourth-order valence-electron chi connectivity index (χ4n) is 4.76. The second-order valence-electron chi connectivity index (χ2n) is 9.01. The summed E-state index contributed by atoms with van der Waals surface area (Å²) in [5.41, 5.74) is 5.98. The molecule has 4 aromatic heterocycles. The van der Waals surface area contributed by atoms with Crippen LogP contribution in [0.4, 0.5) is 5.69 Å². The van der Waals surface area contributed by atoms with E-state index in [1.165, 1.54) is 0 Å². The molecule has 38 heavy (non-hydrogen) atoms. The number of nitrogens with one attached hydrogen (secondary N) is 1. The zero-order valence-corrected chi connectivity index (χ0v) is 21.2. The molecule has 0 fully saturated rings. The summed E-state index contributed by atoms with van der Waals surface area (Å²) < 4.78 is 11.0. The number of imidazole rings is 1. The van der Waals surface area contributed by atoms with Crippen LogP contribution >= 0.6 is 0 Å². The van der Waals surface area contributed by atoms with E-state index in [2.05, 4.69) is 22.3 Å². The molecule has 6 aromatic rings. The van der Waals surface area contributed by atoms with Crippen LogP contribution in [0, 0.1) is 0 Å². The van der Waals surface area contributed by atoms with Gasteiger partial charge in [0.05, 0.1) is 49.0 Å². The number of aromatic nitrogens is 6. The molecular weight excluding hydrogens is 478 g/mol. The number of hydrogen-bond donors (Lipinski definition) is 1. The monoisotopic (exact) mass is 505 g/mol.